The first-order chi connectivity index (χ1) is 17.3. The molecule has 0 bridgehead atoms. The molecule has 1 aromatic heterocycles. The third-order valence-electron chi connectivity index (χ3n) is 5.86. The Balaban J connectivity index is 1.76. The lowest BCUT2D eigenvalue weighted by Gasteiger charge is -2.25. The molecule has 2 aromatic carbocycles. The number of amides is 3. The van der Waals surface area contributed by atoms with Gasteiger partial charge in [-0.05, 0) is 29.8 Å². The molecule has 0 spiro atoms. The van der Waals surface area contributed by atoms with Gasteiger partial charge in [-0.2, -0.15) is 0 Å². The Morgan fingerprint density at radius 1 is 1.00 bits per heavy atom. The van der Waals surface area contributed by atoms with Crippen LogP contribution < -0.4 is 26.8 Å². The minimum absolute atomic E-state index is 0.000281. The third-order valence-corrected chi connectivity index (χ3v) is 5.86. The second kappa shape index (κ2) is 10.4. The number of nitrogens with one attached hydrogen (secondary N) is 1. The molecule has 0 unspecified atom stereocenters. The van der Waals surface area contributed by atoms with Crippen molar-refractivity contribution in [1.82, 2.24) is 9.55 Å². The molecule has 0 radical (unpaired) electrons. The normalized spacial score (nSPS) is 13.3. The number of hydrogen-bond donors (Lipinski definition) is 2. The SMILES string of the molecule is COCCn1c(N)c(N(Cc2ccccc2)C(=O)c2ccc(N3C(=O)CCC3=O)cc2)c(=O)[nH]c1=O. The van der Waals surface area contributed by atoms with Gasteiger partial charge in [-0.15, -0.1) is 0 Å². The maximum Gasteiger partial charge on any atom is 0.330 e. The Labute approximate surface area is 205 Å². The summed E-state index contributed by atoms with van der Waals surface area (Å²) in [5.41, 5.74) is 5.84. The summed E-state index contributed by atoms with van der Waals surface area (Å²) in [4.78, 5) is 67.6. The van der Waals surface area contributed by atoms with Gasteiger partial charge in [0.15, 0.2) is 5.69 Å². The van der Waals surface area contributed by atoms with E-state index < -0.39 is 17.2 Å². The van der Waals surface area contributed by atoms with Crippen LogP contribution in [0.25, 0.3) is 0 Å². The fourth-order valence-electron chi connectivity index (χ4n) is 4.03. The number of nitrogens with zero attached hydrogens (tertiary/aromatic N) is 3. The number of nitrogen functional groups attached to an aromatic ring is 1. The van der Waals surface area contributed by atoms with Gasteiger partial charge in [0.25, 0.3) is 11.5 Å². The summed E-state index contributed by atoms with van der Waals surface area (Å²) in [6, 6.07) is 14.9. The smallest absolute Gasteiger partial charge is 0.330 e. The highest BCUT2D eigenvalue weighted by molar-refractivity contribution is 6.20. The maximum absolute atomic E-state index is 13.7. The van der Waals surface area contributed by atoms with Crippen molar-refractivity contribution in [1.29, 1.82) is 0 Å². The number of benzene rings is 2. The number of imide groups is 1. The molecule has 36 heavy (non-hydrogen) atoms. The zero-order valence-electron chi connectivity index (χ0n) is 19.6. The molecule has 0 atom stereocenters. The molecule has 3 aromatic rings. The first-order valence-corrected chi connectivity index (χ1v) is 11.2. The van der Waals surface area contributed by atoms with E-state index in [1.165, 1.54) is 36.3 Å². The molecule has 1 fully saturated rings. The van der Waals surface area contributed by atoms with E-state index in [-0.39, 0.29) is 61.4 Å². The van der Waals surface area contributed by atoms with Crippen molar-refractivity contribution in [3.05, 3.63) is 86.6 Å². The predicted molar refractivity (Wildman–Crippen MR) is 133 cm³/mol. The van der Waals surface area contributed by atoms with Crippen LogP contribution in [0, 0.1) is 0 Å². The minimum atomic E-state index is -0.805. The number of H-pyrrole nitrogens is 1. The van der Waals surface area contributed by atoms with Crippen LogP contribution in [0.1, 0.15) is 28.8 Å². The second-order valence-electron chi connectivity index (χ2n) is 8.18. The summed E-state index contributed by atoms with van der Waals surface area (Å²) < 4.78 is 6.17. The molecule has 186 valence electrons. The van der Waals surface area contributed by atoms with Crippen molar-refractivity contribution in [2.24, 2.45) is 0 Å². The summed E-state index contributed by atoms with van der Waals surface area (Å²) in [7, 11) is 1.46. The van der Waals surface area contributed by atoms with Gasteiger partial charge in [-0.25, -0.2) is 4.79 Å². The zero-order chi connectivity index (χ0) is 25.8. The summed E-state index contributed by atoms with van der Waals surface area (Å²) in [6.07, 6.45) is 0.288. The molecule has 11 nitrogen and oxygen atoms in total. The van der Waals surface area contributed by atoms with E-state index in [1.54, 1.807) is 24.3 Å². The Morgan fingerprint density at radius 2 is 1.64 bits per heavy atom. The van der Waals surface area contributed by atoms with E-state index >= 15 is 0 Å². The van der Waals surface area contributed by atoms with Gasteiger partial charge in [0.2, 0.25) is 11.8 Å². The van der Waals surface area contributed by atoms with E-state index in [9.17, 15) is 24.0 Å². The fourth-order valence-corrected chi connectivity index (χ4v) is 4.03. The monoisotopic (exact) mass is 491 g/mol. The molecule has 1 saturated heterocycles. The summed E-state index contributed by atoms with van der Waals surface area (Å²) in [6.45, 7) is 0.239. The molecule has 1 aliphatic rings. The zero-order valence-corrected chi connectivity index (χ0v) is 19.6. The van der Waals surface area contributed by atoms with Gasteiger partial charge in [0.05, 0.1) is 25.4 Å². The Hall–Kier alpha value is -4.51. The van der Waals surface area contributed by atoms with Gasteiger partial charge in [0.1, 0.15) is 5.82 Å². The highest BCUT2D eigenvalue weighted by atomic mass is 16.5. The van der Waals surface area contributed by atoms with Crippen LogP contribution in [0.5, 0.6) is 0 Å². The van der Waals surface area contributed by atoms with Crippen molar-refractivity contribution in [2.45, 2.75) is 25.9 Å². The largest absolute Gasteiger partial charge is 0.383 e. The number of carbonyl (C=O) groups excluding carboxylic acids is 3. The van der Waals surface area contributed by atoms with Crippen LogP contribution in [-0.4, -0.2) is 41.0 Å². The molecule has 1 aliphatic heterocycles. The second-order valence-corrected chi connectivity index (χ2v) is 8.18. The molecule has 11 heteroatoms. The van der Waals surface area contributed by atoms with Crippen molar-refractivity contribution < 1.29 is 19.1 Å². The highest BCUT2D eigenvalue weighted by Crippen LogP contribution is 2.25. The van der Waals surface area contributed by atoms with E-state index in [0.717, 1.165) is 15.0 Å². The number of aromatic amines is 1. The molecule has 2 heterocycles. The van der Waals surface area contributed by atoms with Crippen LogP contribution in [0.4, 0.5) is 17.2 Å². The first kappa shape index (κ1) is 24.6. The molecule has 4 rings (SSSR count). The van der Waals surface area contributed by atoms with Crippen molar-refractivity contribution in [3.63, 3.8) is 0 Å². The number of ether oxygens (including phenoxy) is 1. The average molecular weight is 492 g/mol. The first-order valence-electron chi connectivity index (χ1n) is 11.2. The Morgan fingerprint density at radius 3 is 2.25 bits per heavy atom. The third kappa shape index (κ3) is 4.82. The molecular formula is C25H25N5O6. The Kier molecular flexibility index (Phi) is 7.11. The molecule has 3 amide bonds. The van der Waals surface area contributed by atoms with Gasteiger partial charge >= 0.3 is 5.69 Å². The van der Waals surface area contributed by atoms with Crippen LogP contribution in [0.15, 0.2) is 64.2 Å². The van der Waals surface area contributed by atoms with Gasteiger partial charge in [0, 0.05) is 25.5 Å². The fraction of sp³-hybridized carbons (Fsp3) is 0.240. The van der Waals surface area contributed by atoms with E-state index in [4.69, 9.17) is 10.5 Å². The number of nitrogens with two attached hydrogens (primary N) is 1. The topological polar surface area (TPSA) is 148 Å². The summed E-state index contributed by atoms with van der Waals surface area (Å²) in [5, 5.41) is 0. The van der Waals surface area contributed by atoms with Crippen LogP contribution >= 0.6 is 0 Å². The summed E-state index contributed by atoms with van der Waals surface area (Å²) in [5.74, 6) is -1.33. The number of carbonyl (C=O) groups is 3. The minimum Gasteiger partial charge on any atom is -0.383 e. The van der Waals surface area contributed by atoms with Crippen molar-refractivity contribution in [2.75, 3.05) is 29.3 Å². The number of anilines is 3. The standard InChI is InChI=1S/C25H25N5O6/c1-36-14-13-28-22(26)21(23(33)27-25(28)35)29(15-16-5-3-2-4-6-16)24(34)17-7-9-18(10-8-17)30-19(31)11-12-20(30)32/h2-10H,11-15,26H2,1H3,(H,27,33,35). The van der Waals surface area contributed by atoms with Gasteiger partial charge < -0.3 is 10.5 Å². The molecule has 0 aliphatic carbocycles. The van der Waals surface area contributed by atoms with Crippen LogP contribution in [0.2, 0.25) is 0 Å². The number of hydrogen-bond acceptors (Lipinski definition) is 7. The number of rotatable bonds is 8. The van der Waals surface area contributed by atoms with E-state index in [1.807, 2.05) is 6.07 Å². The number of aromatic nitrogens is 2. The lowest BCUT2D eigenvalue weighted by Crippen LogP contribution is -2.41. The highest BCUT2D eigenvalue weighted by Gasteiger charge is 2.31. The van der Waals surface area contributed by atoms with Gasteiger partial charge in [-0.1, -0.05) is 30.3 Å². The molecular weight excluding hydrogens is 466 g/mol. The number of methoxy groups -OCH3 is 1. The maximum atomic E-state index is 13.7. The predicted octanol–water partition coefficient (Wildman–Crippen LogP) is 1.27. The quantitative estimate of drug-likeness (QED) is 0.451. The lowest BCUT2D eigenvalue weighted by molar-refractivity contribution is -0.121. The van der Waals surface area contributed by atoms with E-state index in [0.29, 0.717) is 5.69 Å². The Bertz CT molecular complexity index is 1400. The summed E-state index contributed by atoms with van der Waals surface area (Å²) >= 11 is 0. The van der Waals surface area contributed by atoms with Crippen molar-refractivity contribution >= 4 is 34.9 Å². The van der Waals surface area contributed by atoms with Gasteiger partial charge in [-0.3, -0.25) is 38.5 Å². The molecule has 0 saturated carbocycles. The van der Waals surface area contributed by atoms with Crippen LogP contribution in [0.3, 0.4) is 0 Å². The molecule has 3 N–H and O–H groups in total. The average Bonchev–Trinajstić information content (AvgIpc) is 3.21. The van der Waals surface area contributed by atoms with Crippen molar-refractivity contribution in [3.8, 4) is 0 Å². The lowest BCUT2D eigenvalue weighted by atomic mass is 10.1. The van der Waals surface area contributed by atoms with Crippen LogP contribution in [-0.2, 0) is 27.4 Å². The van der Waals surface area contributed by atoms with E-state index in [2.05, 4.69) is 4.98 Å².